The molecule has 1 aromatic heterocycles. The first-order valence-electron chi connectivity index (χ1n) is 5.55. The van der Waals surface area contributed by atoms with Crippen LogP contribution in [-0.2, 0) is 0 Å². The highest BCUT2D eigenvalue weighted by atomic mass is 16.3. The predicted octanol–water partition coefficient (Wildman–Crippen LogP) is 1.34. The SMILES string of the molecule is CNc1nccc(NC(CCO)C(C)C)n1. The number of hydrogen-bond donors (Lipinski definition) is 3. The Morgan fingerprint density at radius 1 is 1.44 bits per heavy atom. The fourth-order valence-corrected chi connectivity index (χ4v) is 1.46. The van der Waals surface area contributed by atoms with E-state index in [0.717, 1.165) is 12.2 Å². The zero-order chi connectivity index (χ0) is 12.0. The number of aliphatic hydroxyl groups excluding tert-OH is 1. The molecule has 0 saturated carbocycles. The van der Waals surface area contributed by atoms with Crippen LogP contribution in [0.25, 0.3) is 0 Å². The summed E-state index contributed by atoms with van der Waals surface area (Å²) in [6.07, 6.45) is 2.42. The van der Waals surface area contributed by atoms with Crippen LogP contribution in [0.5, 0.6) is 0 Å². The first-order valence-corrected chi connectivity index (χ1v) is 5.55. The molecule has 5 heteroatoms. The molecule has 1 unspecified atom stereocenters. The van der Waals surface area contributed by atoms with E-state index in [2.05, 4.69) is 34.4 Å². The Bertz CT molecular complexity index is 317. The van der Waals surface area contributed by atoms with E-state index in [0.29, 0.717) is 11.9 Å². The highest BCUT2D eigenvalue weighted by molar-refractivity contribution is 5.40. The van der Waals surface area contributed by atoms with Gasteiger partial charge in [0.15, 0.2) is 0 Å². The largest absolute Gasteiger partial charge is 0.396 e. The van der Waals surface area contributed by atoms with Crippen molar-refractivity contribution in [1.29, 1.82) is 0 Å². The molecule has 3 N–H and O–H groups in total. The second kappa shape index (κ2) is 6.27. The molecule has 1 atom stereocenters. The summed E-state index contributed by atoms with van der Waals surface area (Å²) in [5.74, 6) is 1.82. The van der Waals surface area contributed by atoms with E-state index in [1.807, 2.05) is 6.07 Å². The van der Waals surface area contributed by atoms with Gasteiger partial charge in [-0.3, -0.25) is 0 Å². The maximum atomic E-state index is 8.98. The van der Waals surface area contributed by atoms with Gasteiger partial charge in [-0.25, -0.2) is 4.98 Å². The first-order chi connectivity index (χ1) is 7.67. The lowest BCUT2D eigenvalue weighted by molar-refractivity contribution is 0.267. The third-order valence-electron chi connectivity index (χ3n) is 2.46. The van der Waals surface area contributed by atoms with Crippen molar-refractivity contribution in [3.8, 4) is 0 Å². The van der Waals surface area contributed by atoms with E-state index in [-0.39, 0.29) is 12.6 Å². The van der Waals surface area contributed by atoms with Gasteiger partial charge in [0, 0.05) is 25.9 Å². The second-order valence-electron chi connectivity index (χ2n) is 4.02. The zero-order valence-corrected chi connectivity index (χ0v) is 10.1. The Hall–Kier alpha value is -1.36. The molecule has 0 aliphatic rings. The molecule has 0 spiro atoms. The fourth-order valence-electron chi connectivity index (χ4n) is 1.46. The van der Waals surface area contributed by atoms with Gasteiger partial charge >= 0.3 is 0 Å². The summed E-state index contributed by atoms with van der Waals surface area (Å²) in [5, 5.41) is 15.2. The minimum atomic E-state index is 0.180. The maximum Gasteiger partial charge on any atom is 0.224 e. The normalized spacial score (nSPS) is 12.6. The maximum absolute atomic E-state index is 8.98. The third kappa shape index (κ3) is 3.66. The van der Waals surface area contributed by atoms with Crippen molar-refractivity contribution >= 4 is 11.8 Å². The number of rotatable bonds is 6. The van der Waals surface area contributed by atoms with Crippen molar-refractivity contribution in [2.45, 2.75) is 26.3 Å². The van der Waals surface area contributed by atoms with Crippen molar-refractivity contribution in [1.82, 2.24) is 9.97 Å². The lowest BCUT2D eigenvalue weighted by atomic mass is 10.0. The molecule has 1 aromatic rings. The van der Waals surface area contributed by atoms with Gasteiger partial charge in [0.1, 0.15) is 5.82 Å². The summed E-state index contributed by atoms with van der Waals surface area (Å²) in [7, 11) is 1.78. The van der Waals surface area contributed by atoms with E-state index in [9.17, 15) is 0 Å². The Labute approximate surface area is 96.3 Å². The van der Waals surface area contributed by atoms with Crippen molar-refractivity contribution < 1.29 is 5.11 Å². The number of anilines is 2. The van der Waals surface area contributed by atoms with Crippen LogP contribution < -0.4 is 10.6 Å². The summed E-state index contributed by atoms with van der Waals surface area (Å²) >= 11 is 0. The standard InChI is InChI=1S/C11H20N4O/c1-8(2)9(5-7-16)14-10-4-6-13-11(12-3)15-10/h4,6,8-9,16H,5,7H2,1-3H3,(H2,12,13,14,15). The van der Waals surface area contributed by atoms with Gasteiger partial charge in [0.05, 0.1) is 0 Å². The number of aromatic nitrogens is 2. The van der Waals surface area contributed by atoms with Crippen molar-refractivity contribution in [3.05, 3.63) is 12.3 Å². The minimum absolute atomic E-state index is 0.180. The average Bonchev–Trinajstić information content (AvgIpc) is 2.28. The van der Waals surface area contributed by atoms with Crippen LogP contribution in [0.3, 0.4) is 0 Å². The lowest BCUT2D eigenvalue weighted by Gasteiger charge is -2.22. The van der Waals surface area contributed by atoms with Gasteiger partial charge in [0.2, 0.25) is 5.95 Å². The summed E-state index contributed by atoms with van der Waals surface area (Å²) in [6.45, 7) is 4.42. The van der Waals surface area contributed by atoms with Gasteiger partial charge in [-0.1, -0.05) is 13.8 Å². The second-order valence-corrected chi connectivity index (χ2v) is 4.02. The summed E-state index contributed by atoms with van der Waals surface area (Å²) < 4.78 is 0. The molecule has 0 bridgehead atoms. The van der Waals surface area contributed by atoms with E-state index in [1.54, 1.807) is 13.2 Å². The highest BCUT2D eigenvalue weighted by Crippen LogP contribution is 2.13. The number of aliphatic hydroxyl groups is 1. The van der Waals surface area contributed by atoms with Gasteiger partial charge < -0.3 is 15.7 Å². The van der Waals surface area contributed by atoms with Gasteiger partial charge in [0.25, 0.3) is 0 Å². The molecular formula is C11H20N4O. The Morgan fingerprint density at radius 2 is 2.19 bits per heavy atom. The molecule has 0 aliphatic heterocycles. The molecule has 1 rings (SSSR count). The molecule has 0 fully saturated rings. The van der Waals surface area contributed by atoms with Gasteiger partial charge in [-0.15, -0.1) is 0 Å². The molecule has 0 amide bonds. The van der Waals surface area contributed by atoms with Crippen LogP contribution in [0.15, 0.2) is 12.3 Å². The van der Waals surface area contributed by atoms with Crippen LogP contribution in [0.2, 0.25) is 0 Å². The predicted molar refractivity (Wildman–Crippen MR) is 65.5 cm³/mol. The van der Waals surface area contributed by atoms with Crippen molar-refractivity contribution in [3.63, 3.8) is 0 Å². The minimum Gasteiger partial charge on any atom is -0.396 e. The van der Waals surface area contributed by atoms with Crippen LogP contribution in [-0.4, -0.2) is 34.8 Å². The van der Waals surface area contributed by atoms with Gasteiger partial charge in [-0.05, 0) is 18.4 Å². The Kier molecular flexibility index (Phi) is 4.98. The van der Waals surface area contributed by atoms with Crippen LogP contribution in [0.4, 0.5) is 11.8 Å². The van der Waals surface area contributed by atoms with Crippen molar-refractivity contribution in [2.24, 2.45) is 5.92 Å². The quantitative estimate of drug-likeness (QED) is 0.680. The summed E-state index contributed by atoms with van der Waals surface area (Å²) in [5.41, 5.74) is 0. The Morgan fingerprint density at radius 3 is 2.75 bits per heavy atom. The molecule has 0 aromatic carbocycles. The van der Waals surface area contributed by atoms with E-state index in [4.69, 9.17) is 5.11 Å². The fraction of sp³-hybridized carbons (Fsp3) is 0.636. The molecule has 0 aliphatic carbocycles. The number of nitrogens with one attached hydrogen (secondary N) is 2. The molecule has 5 nitrogen and oxygen atoms in total. The molecule has 1 heterocycles. The van der Waals surface area contributed by atoms with Gasteiger partial charge in [-0.2, -0.15) is 4.98 Å². The smallest absolute Gasteiger partial charge is 0.224 e. The van der Waals surface area contributed by atoms with Crippen LogP contribution in [0, 0.1) is 5.92 Å². The molecular weight excluding hydrogens is 204 g/mol. The van der Waals surface area contributed by atoms with E-state index in [1.165, 1.54) is 0 Å². The Balaban J connectivity index is 2.68. The van der Waals surface area contributed by atoms with Crippen LogP contribution >= 0.6 is 0 Å². The molecule has 0 saturated heterocycles. The number of nitrogens with zero attached hydrogens (tertiary/aromatic N) is 2. The van der Waals surface area contributed by atoms with Crippen LogP contribution in [0.1, 0.15) is 20.3 Å². The van der Waals surface area contributed by atoms with E-state index >= 15 is 0 Å². The number of hydrogen-bond acceptors (Lipinski definition) is 5. The monoisotopic (exact) mass is 224 g/mol. The molecule has 16 heavy (non-hydrogen) atoms. The van der Waals surface area contributed by atoms with E-state index < -0.39 is 0 Å². The lowest BCUT2D eigenvalue weighted by Crippen LogP contribution is -2.27. The molecule has 90 valence electrons. The molecule has 0 radical (unpaired) electrons. The third-order valence-corrected chi connectivity index (χ3v) is 2.46. The van der Waals surface area contributed by atoms with Crippen molar-refractivity contribution in [2.75, 3.05) is 24.3 Å². The first kappa shape index (κ1) is 12.7. The summed E-state index contributed by atoms with van der Waals surface area (Å²) in [6, 6.07) is 2.05. The average molecular weight is 224 g/mol. The summed E-state index contributed by atoms with van der Waals surface area (Å²) in [4.78, 5) is 8.33. The zero-order valence-electron chi connectivity index (χ0n) is 10.1. The highest BCUT2D eigenvalue weighted by Gasteiger charge is 2.13. The topological polar surface area (TPSA) is 70.1 Å².